The summed E-state index contributed by atoms with van der Waals surface area (Å²) in [6.45, 7) is 7.01. The third-order valence-corrected chi connectivity index (χ3v) is 3.64. The van der Waals surface area contributed by atoms with E-state index < -0.39 is 0 Å². The molecule has 21 heavy (non-hydrogen) atoms. The van der Waals surface area contributed by atoms with Crippen molar-refractivity contribution in [2.45, 2.75) is 46.1 Å². The fraction of sp³-hybridized carbons (Fsp3) is 0.588. The summed E-state index contributed by atoms with van der Waals surface area (Å²) in [6, 6.07) is 7.40. The number of hydrogen-bond donors (Lipinski definition) is 1. The van der Waals surface area contributed by atoms with Crippen LogP contribution in [-0.4, -0.2) is 24.4 Å². The molecule has 0 aliphatic carbocycles. The Bertz CT molecular complexity index is 417. The van der Waals surface area contributed by atoms with E-state index in [1.165, 1.54) is 0 Å². The Balaban J connectivity index is 2.57. The lowest BCUT2D eigenvalue weighted by Crippen LogP contribution is -2.38. The van der Waals surface area contributed by atoms with E-state index in [0.29, 0.717) is 24.0 Å². The van der Waals surface area contributed by atoms with Gasteiger partial charge in [0.15, 0.2) is 0 Å². The Morgan fingerprint density at radius 1 is 1.29 bits per heavy atom. The van der Waals surface area contributed by atoms with Crippen molar-refractivity contribution >= 4 is 17.5 Å². The van der Waals surface area contributed by atoms with Gasteiger partial charge in [0.1, 0.15) is 5.75 Å². The SMILES string of the molecule is CCCCOc1ccc(C(=O)NC(CCCl)C(C)C)cc1. The van der Waals surface area contributed by atoms with Crippen LogP contribution in [0.5, 0.6) is 5.75 Å². The summed E-state index contributed by atoms with van der Waals surface area (Å²) in [5.41, 5.74) is 0.651. The molecule has 0 aliphatic rings. The van der Waals surface area contributed by atoms with Gasteiger partial charge in [-0.25, -0.2) is 0 Å². The van der Waals surface area contributed by atoms with Gasteiger partial charge in [0.05, 0.1) is 6.61 Å². The standard InChI is InChI=1S/C17H26ClNO2/c1-4-5-12-21-15-8-6-14(7-9-15)17(20)19-16(10-11-18)13(2)3/h6-9,13,16H,4-5,10-12H2,1-3H3,(H,19,20). The lowest BCUT2D eigenvalue weighted by atomic mass is 10.0. The number of carbonyl (C=O) groups is 1. The predicted molar refractivity (Wildman–Crippen MR) is 88.3 cm³/mol. The zero-order valence-electron chi connectivity index (χ0n) is 13.2. The lowest BCUT2D eigenvalue weighted by Gasteiger charge is -2.21. The number of unbranched alkanes of at least 4 members (excludes halogenated alkanes) is 1. The number of alkyl halides is 1. The van der Waals surface area contributed by atoms with Crippen molar-refractivity contribution in [1.29, 1.82) is 0 Å². The molecule has 1 unspecified atom stereocenters. The summed E-state index contributed by atoms with van der Waals surface area (Å²) in [5.74, 6) is 1.66. The number of carbonyl (C=O) groups excluding carboxylic acids is 1. The summed E-state index contributed by atoms with van der Waals surface area (Å²) in [7, 11) is 0. The van der Waals surface area contributed by atoms with E-state index in [1.54, 1.807) is 12.1 Å². The van der Waals surface area contributed by atoms with Crippen LogP contribution in [0.2, 0.25) is 0 Å². The Morgan fingerprint density at radius 2 is 1.95 bits per heavy atom. The largest absolute Gasteiger partial charge is 0.494 e. The molecule has 1 aromatic rings. The highest BCUT2D eigenvalue weighted by Gasteiger charge is 2.16. The molecule has 1 aromatic carbocycles. The summed E-state index contributed by atoms with van der Waals surface area (Å²) in [5, 5.41) is 3.04. The minimum Gasteiger partial charge on any atom is -0.494 e. The number of rotatable bonds is 9. The Kier molecular flexibility index (Phi) is 8.21. The highest BCUT2D eigenvalue weighted by molar-refractivity contribution is 6.17. The summed E-state index contributed by atoms with van der Waals surface area (Å²) < 4.78 is 5.59. The third-order valence-electron chi connectivity index (χ3n) is 3.42. The fourth-order valence-corrected chi connectivity index (χ4v) is 2.21. The van der Waals surface area contributed by atoms with Crippen LogP contribution in [0.1, 0.15) is 50.4 Å². The quantitative estimate of drug-likeness (QED) is 0.547. The predicted octanol–water partition coefficient (Wildman–Crippen LogP) is 4.25. The number of amides is 1. The molecule has 0 saturated carbocycles. The molecule has 0 fully saturated rings. The highest BCUT2D eigenvalue weighted by atomic mass is 35.5. The molecular formula is C17H26ClNO2. The van der Waals surface area contributed by atoms with Crippen LogP contribution < -0.4 is 10.1 Å². The van der Waals surface area contributed by atoms with Crippen molar-refractivity contribution in [1.82, 2.24) is 5.32 Å². The van der Waals surface area contributed by atoms with Crippen LogP contribution in [0, 0.1) is 5.92 Å². The number of nitrogens with one attached hydrogen (secondary N) is 1. The summed E-state index contributed by atoms with van der Waals surface area (Å²) >= 11 is 5.78. The van der Waals surface area contributed by atoms with E-state index in [9.17, 15) is 4.79 Å². The van der Waals surface area contributed by atoms with Crippen LogP contribution in [0.3, 0.4) is 0 Å². The van der Waals surface area contributed by atoms with Crippen molar-refractivity contribution in [3.05, 3.63) is 29.8 Å². The highest BCUT2D eigenvalue weighted by Crippen LogP contribution is 2.14. The van der Waals surface area contributed by atoms with Crippen LogP contribution in [-0.2, 0) is 0 Å². The van der Waals surface area contributed by atoms with Gasteiger partial charge >= 0.3 is 0 Å². The average molecular weight is 312 g/mol. The molecule has 0 bridgehead atoms. The first-order chi connectivity index (χ1) is 10.1. The third kappa shape index (κ3) is 6.38. The maximum absolute atomic E-state index is 12.2. The summed E-state index contributed by atoms with van der Waals surface area (Å²) in [4.78, 5) is 12.2. The molecular weight excluding hydrogens is 286 g/mol. The van der Waals surface area contributed by atoms with E-state index in [-0.39, 0.29) is 11.9 Å². The second kappa shape index (κ2) is 9.67. The van der Waals surface area contributed by atoms with Crippen molar-refractivity contribution in [2.75, 3.05) is 12.5 Å². The maximum atomic E-state index is 12.2. The van der Waals surface area contributed by atoms with Crippen LogP contribution >= 0.6 is 11.6 Å². The van der Waals surface area contributed by atoms with Crippen molar-refractivity contribution < 1.29 is 9.53 Å². The van der Waals surface area contributed by atoms with Crippen molar-refractivity contribution in [3.8, 4) is 5.75 Å². The maximum Gasteiger partial charge on any atom is 0.251 e. The van der Waals surface area contributed by atoms with Crippen LogP contribution in [0.25, 0.3) is 0 Å². The fourth-order valence-electron chi connectivity index (χ4n) is 1.98. The second-order valence-electron chi connectivity index (χ2n) is 5.53. The van der Waals surface area contributed by atoms with Crippen molar-refractivity contribution in [3.63, 3.8) is 0 Å². The molecule has 1 amide bonds. The van der Waals surface area contributed by atoms with Gasteiger partial charge in [-0.15, -0.1) is 11.6 Å². The van der Waals surface area contributed by atoms with Gasteiger partial charge in [0.25, 0.3) is 5.91 Å². The zero-order chi connectivity index (χ0) is 15.7. The molecule has 0 radical (unpaired) electrons. The van der Waals surface area contributed by atoms with Crippen molar-refractivity contribution in [2.24, 2.45) is 5.92 Å². The molecule has 1 N–H and O–H groups in total. The van der Waals surface area contributed by atoms with Crippen LogP contribution in [0.15, 0.2) is 24.3 Å². The normalized spacial score (nSPS) is 12.2. The first-order valence-electron chi connectivity index (χ1n) is 7.68. The first-order valence-corrected chi connectivity index (χ1v) is 8.21. The molecule has 0 aliphatic heterocycles. The van der Waals surface area contributed by atoms with Gasteiger partial charge in [0, 0.05) is 17.5 Å². The Hall–Kier alpha value is -1.22. The monoisotopic (exact) mass is 311 g/mol. The minimum atomic E-state index is -0.0566. The zero-order valence-corrected chi connectivity index (χ0v) is 14.0. The molecule has 0 aromatic heterocycles. The van der Waals surface area contributed by atoms with Gasteiger partial charge in [-0.1, -0.05) is 27.2 Å². The Morgan fingerprint density at radius 3 is 2.48 bits per heavy atom. The van der Waals surface area contributed by atoms with Gasteiger partial charge in [-0.2, -0.15) is 0 Å². The smallest absolute Gasteiger partial charge is 0.251 e. The van der Waals surface area contributed by atoms with Crippen LogP contribution in [0.4, 0.5) is 0 Å². The number of benzene rings is 1. The molecule has 118 valence electrons. The molecule has 1 rings (SSSR count). The molecule has 3 nitrogen and oxygen atoms in total. The molecule has 0 saturated heterocycles. The van der Waals surface area contributed by atoms with E-state index >= 15 is 0 Å². The Labute approximate surface area is 133 Å². The lowest BCUT2D eigenvalue weighted by molar-refractivity contribution is 0.0925. The molecule has 0 spiro atoms. The van der Waals surface area contributed by atoms with Gasteiger partial charge in [-0.3, -0.25) is 4.79 Å². The van der Waals surface area contributed by atoms with Gasteiger partial charge in [-0.05, 0) is 43.0 Å². The van der Waals surface area contributed by atoms with E-state index in [4.69, 9.17) is 16.3 Å². The summed E-state index contributed by atoms with van der Waals surface area (Å²) in [6.07, 6.45) is 2.93. The molecule has 0 heterocycles. The number of halogens is 1. The first kappa shape index (κ1) is 17.8. The number of ether oxygens (including phenoxy) is 1. The van der Waals surface area contributed by atoms with E-state index in [2.05, 4.69) is 26.1 Å². The average Bonchev–Trinajstić information content (AvgIpc) is 2.47. The minimum absolute atomic E-state index is 0.0566. The van der Waals surface area contributed by atoms with Gasteiger partial charge < -0.3 is 10.1 Å². The topological polar surface area (TPSA) is 38.3 Å². The number of hydrogen-bond acceptors (Lipinski definition) is 2. The molecule has 1 atom stereocenters. The van der Waals surface area contributed by atoms with E-state index in [1.807, 2.05) is 12.1 Å². The molecule has 4 heteroatoms. The van der Waals surface area contributed by atoms with Gasteiger partial charge in [0.2, 0.25) is 0 Å². The second-order valence-corrected chi connectivity index (χ2v) is 5.91. The van der Waals surface area contributed by atoms with E-state index in [0.717, 1.165) is 25.0 Å².